The molecule has 0 spiro atoms. The fraction of sp³-hybridized carbons (Fsp3) is 0.143. The minimum absolute atomic E-state index is 0.0170. The van der Waals surface area contributed by atoms with Crippen molar-refractivity contribution in [2.45, 2.75) is 39.8 Å². The number of ketones is 2. The highest BCUT2D eigenvalue weighted by Gasteiger charge is 2.26. The standard InChI is InChI=1S/C42H32Cl6N8O6/c1-19-13-34(52-42(62)38(22(4)58)56-54-36-16-24(6-10-30(36)46)40(60)50-26-8-12-28(44)32(48)18-26)20(2)14-33(19)51-41(61)37(21(3)57)55-53-35-15-23(5-9-29(35)45)39(59)49-25-7-11-27(43)31(47)17-25/h5-18,37-38H,1-4H3,(H,49,59)(H,50,60)(H,51,61)(H,52,62). The summed E-state index contributed by atoms with van der Waals surface area (Å²) in [5, 5.41) is 27.9. The first-order valence-electron chi connectivity index (χ1n) is 18.0. The molecule has 318 valence electrons. The number of nitrogens with zero attached hydrogens (tertiary/aromatic N) is 4. The number of azo groups is 2. The molecule has 0 radical (unpaired) electrons. The third kappa shape index (κ3) is 12.2. The SMILES string of the molecule is CC(=O)C(N=Nc1cc(C(=O)Nc2ccc(Cl)c(Cl)c2)ccc1Cl)C(=O)Nc1cc(C)c(NC(=O)C(N=Nc2cc(C(=O)Nc3ccc(Cl)c(Cl)c3)ccc2Cl)C(C)=O)cc1C. The smallest absolute Gasteiger partial charge is 0.258 e. The van der Waals surface area contributed by atoms with E-state index in [9.17, 15) is 28.8 Å². The second kappa shape index (κ2) is 20.9. The van der Waals surface area contributed by atoms with Crippen LogP contribution in [0, 0.1) is 13.8 Å². The van der Waals surface area contributed by atoms with Crippen LogP contribution in [0.15, 0.2) is 105 Å². The Kier molecular flexibility index (Phi) is 15.9. The lowest BCUT2D eigenvalue weighted by molar-refractivity contribution is -0.127. The van der Waals surface area contributed by atoms with E-state index in [-0.39, 0.29) is 54.0 Å². The number of hydrogen-bond donors (Lipinski definition) is 4. The largest absolute Gasteiger partial charge is 0.324 e. The maximum absolute atomic E-state index is 13.4. The number of carbonyl (C=O) groups is 6. The van der Waals surface area contributed by atoms with E-state index in [1.54, 1.807) is 38.1 Å². The van der Waals surface area contributed by atoms with Gasteiger partial charge in [0.2, 0.25) is 12.1 Å². The van der Waals surface area contributed by atoms with Crippen LogP contribution in [-0.4, -0.2) is 47.3 Å². The number of rotatable bonds is 14. The van der Waals surface area contributed by atoms with Crippen molar-refractivity contribution in [1.82, 2.24) is 0 Å². The van der Waals surface area contributed by atoms with E-state index in [4.69, 9.17) is 69.6 Å². The number of aryl methyl sites for hydroxylation is 2. The van der Waals surface area contributed by atoms with E-state index in [0.29, 0.717) is 32.5 Å². The number of hydrogen-bond acceptors (Lipinski definition) is 10. The second-order valence-electron chi connectivity index (χ2n) is 13.4. The predicted molar refractivity (Wildman–Crippen MR) is 243 cm³/mol. The molecule has 0 bridgehead atoms. The Labute approximate surface area is 384 Å². The zero-order chi connectivity index (χ0) is 45.4. The van der Waals surface area contributed by atoms with Gasteiger partial charge in [0.05, 0.1) is 30.1 Å². The molecule has 4 amide bonds. The molecule has 0 aliphatic rings. The molecule has 5 aromatic carbocycles. The zero-order valence-corrected chi connectivity index (χ0v) is 37.3. The van der Waals surface area contributed by atoms with Crippen LogP contribution < -0.4 is 21.3 Å². The van der Waals surface area contributed by atoms with Crippen molar-refractivity contribution < 1.29 is 28.8 Å². The summed E-state index contributed by atoms with van der Waals surface area (Å²) in [5.74, 6) is -3.98. The molecular weight excluding hydrogens is 925 g/mol. The number of nitrogens with one attached hydrogen (secondary N) is 4. The third-order valence-electron chi connectivity index (χ3n) is 8.69. The minimum atomic E-state index is -1.60. The Morgan fingerprint density at radius 2 is 0.806 bits per heavy atom. The molecule has 0 aromatic heterocycles. The molecule has 0 heterocycles. The van der Waals surface area contributed by atoms with Crippen LogP contribution in [0.2, 0.25) is 30.1 Å². The number of Topliss-reactive ketones (excluding diaryl/α,β-unsaturated/α-hetero) is 2. The van der Waals surface area contributed by atoms with Crippen molar-refractivity contribution >= 4 is 139 Å². The van der Waals surface area contributed by atoms with Gasteiger partial charge < -0.3 is 21.3 Å². The second-order valence-corrected chi connectivity index (χ2v) is 15.9. The normalized spacial score (nSPS) is 12.2. The molecule has 0 saturated carbocycles. The lowest BCUT2D eigenvalue weighted by atomic mass is 10.1. The molecule has 14 nitrogen and oxygen atoms in total. The van der Waals surface area contributed by atoms with Gasteiger partial charge in [-0.15, -0.1) is 0 Å². The van der Waals surface area contributed by atoms with E-state index in [2.05, 4.69) is 41.7 Å². The molecule has 20 heteroatoms. The quantitative estimate of drug-likeness (QED) is 0.0630. The van der Waals surface area contributed by atoms with Gasteiger partial charge in [-0.3, -0.25) is 28.8 Å². The van der Waals surface area contributed by atoms with Gasteiger partial charge in [-0.25, -0.2) is 0 Å². The van der Waals surface area contributed by atoms with Crippen LogP contribution in [0.3, 0.4) is 0 Å². The highest BCUT2D eigenvalue weighted by Crippen LogP contribution is 2.31. The van der Waals surface area contributed by atoms with E-state index < -0.39 is 47.3 Å². The van der Waals surface area contributed by atoms with E-state index >= 15 is 0 Å². The first-order valence-corrected chi connectivity index (χ1v) is 20.3. The highest BCUT2D eigenvalue weighted by molar-refractivity contribution is 6.42. The third-order valence-corrected chi connectivity index (χ3v) is 10.8. The monoisotopic (exact) mass is 954 g/mol. The first kappa shape index (κ1) is 47.3. The van der Waals surface area contributed by atoms with Gasteiger partial charge in [0, 0.05) is 33.9 Å². The summed E-state index contributed by atoms with van der Waals surface area (Å²) in [6, 6.07) is 17.4. The number of halogens is 6. The molecule has 0 saturated heterocycles. The number of carbonyl (C=O) groups excluding carboxylic acids is 6. The van der Waals surface area contributed by atoms with Gasteiger partial charge in [-0.2, -0.15) is 20.5 Å². The molecule has 5 aromatic rings. The number of benzene rings is 5. The van der Waals surface area contributed by atoms with E-state index in [0.717, 1.165) is 13.8 Å². The summed E-state index contributed by atoms with van der Waals surface area (Å²) < 4.78 is 0. The van der Waals surface area contributed by atoms with Crippen molar-refractivity contribution in [1.29, 1.82) is 0 Å². The fourth-order valence-corrected chi connectivity index (χ4v) is 6.29. The Morgan fingerprint density at radius 3 is 1.15 bits per heavy atom. The van der Waals surface area contributed by atoms with Gasteiger partial charge in [0.15, 0.2) is 11.6 Å². The minimum Gasteiger partial charge on any atom is -0.324 e. The van der Waals surface area contributed by atoms with Crippen LogP contribution >= 0.6 is 69.6 Å². The summed E-state index contributed by atoms with van der Waals surface area (Å²) in [6.07, 6.45) is 0. The molecule has 62 heavy (non-hydrogen) atoms. The lowest BCUT2D eigenvalue weighted by Gasteiger charge is -2.16. The van der Waals surface area contributed by atoms with E-state index in [1.807, 2.05) is 0 Å². The maximum atomic E-state index is 13.4. The van der Waals surface area contributed by atoms with Gasteiger partial charge in [0.1, 0.15) is 11.4 Å². The summed E-state index contributed by atoms with van der Waals surface area (Å²) >= 11 is 36.6. The van der Waals surface area contributed by atoms with Gasteiger partial charge in [-0.1, -0.05) is 69.6 Å². The maximum Gasteiger partial charge on any atom is 0.258 e. The zero-order valence-electron chi connectivity index (χ0n) is 32.7. The van der Waals surface area contributed by atoms with Crippen LogP contribution in [0.4, 0.5) is 34.1 Å². The van der Waals surface area contributed by atoms with E-state index in [1.165, 1.54) is 60.7 Å². The Hall–Kier alpha value is -5.74. The van der Waals surface area contributed by atoms with Gasteiger partial charge in [0.25, 0.3) is 23.6 Å². The lowest BCUT2D eigenvalue weighted by Crippen LogP contribution is -2.32. The molecule has 0 aliphatic carbocycles. The van der Waals surface area contributed by atoms with Crippen molar-refractivity contribution in [3.05, 3.63) is 137 Å². The Morgan fingerprint density at radius 1 is 0.452 bits per heavy atom. The van der Waals surface area contributed by atoms with Crippen molar-refractivity contribution in [3.8, 4) is 0 Å². The topological polar surface area (TPSA) is 200 Å². The molecule has 2 atom stereocenters. The Balaban J connectivity index is 1.26. The number of anilines is 4. The molecule has 2 unspecified atom stereocenters. The fourth-order valence-electron chi connectivity index (χ4n) is 5.38. The van der Waals surface area contributed by atoms with Crippen molar-refractivity contribution in [2.75, 3.05) is 21.3 Å². The molecule has 5 rings (SSSR count). The van der Waals surface area contributed by atoms with Crippen LogP contribution in [0.1, 0.15) is 45.7 Å². The van der Waals surface area contributed by atoms with Crippen LogP contribution in [-0.2, 0) is 19.2 Å². The Bertz CT molecular complexity index is 2530. The predicted octanol–water partition coefficient (Wildman–Crippen LogP) is 12.1. The molecule has 0 fully saturated rings. The first-order chi connectivity index (χ1) is 29.3. The summed E-state index contributed by atoms with van der Waals surface area (Å²) in [5.41, 5.74) is 2.59. The van der Waals surface area contributed by atoms with Crippen molar-refractivity contribution in [2.24, 2.45) is 20.5 Å². The van der Waals surface area contributed by atoms with Gasteiger partial charge >= 0.3 is 0 Å². The van der Waals surface area contributed by atoms with Crippen molar-refractivity contribution in [3.63, 3.8) is 0 Å². The summed E-state index contributed by atoms with van der Waals surface area (Å²) in [7, 11) is 0. The summed E-state index contributed by atoms with van der Waals surface area (Å²) in [6.45, 7) is 5.59. The molecule has 0 aliphatic heterocycles. The molecular formula is C42H32Cl6N8O6. The van der Waals surface area contributed by atoms with Crippen LogP contribution in [0.5, 0.6) is 0 Å². The molecule has 4 N–H and O–H groups in total. The van der Waals surface area contributed by atoms with Crippen LogP contribution in [0.25, 0.3) is 0 Å². The summed E-state index contributed by atoms with van der Waals surface area (Å²) in [4.78, 5) is 77.8. The van der Waals surface area contributed by atoms with Gasteiger partial charge in [-0.05, 0) is 124 Å². The average Bonchev–Trinajstić information content (AvgIpc) is 3.20. The highest BCUT2D eigenvalue weighted by atomic mass is 35.5. The number of amides is 4. The average molecular weight is 957 g/mol.